The lowest BCUT2D eigenvalue weighted by atomic mass is 10.2. The molecule has 0 saturated carbocycles. The Balaban J connectivity index is 1.94. The van der Waals surface area contributed by atoms with E-state index in [1.54, 1.807) is 23.1 Å². The maximum absolute atomic E-state index is 11.9. The van der Waals surface area contributed by atoms with Gasteiger partial charge in [-0.15, -0.1) is 23.1 Å². The van der Waals surface area contributed by atoms with Gasteiger partial charge >= 0.3 is 0 Å². The SMILES string of the molecule is Cc1ccc(SCC(=O)c2csc(C)c2)cc1. The van der Waals surface area contributed by atoms with Gasteiger partial charge in [-0.25, -0.2) is 0 Å². The summed E-state index contributed by atoms with van der Waals surface area (Å²) in [5, 5.41) is 1.94. The molecule has 0 aliphatic carbocycles. The molecule has 0 amide bonds. The van der Waals surface area contributed by atoms with Crippen LogP contribution < -0.4 is 0 Å². The van der Waals surface area contributed by atoms with Crippen LogP contribution in [0.15, 0.2) is 40.6 Å². The van der Waals surface area contributed by atoms with Crippen molar-refractivity contribution < 1.29 is 4.79 Å². The van der Waals surface area contributed by atoms with Gasteiger partial charge in [0.25, 0.3) is 0 Å². The lowest BCUT2D eigenvalue weighted by Crippen LogP contribution is -2.00. The Morgan fingerprint density at radius 3 is 2.53 bits per heavy atom. The third-order valence-corrected chi connectivity index (χ3v) is 4.32. The molecule has 1 aromatic carbocycles. The Morgan fingerprint density at radius 1 is 1.24 bits per heavy atom. The molecule has 0 bridgehead atoms. The van der Waals surface area contributed by atoms with Gasteiger partial charge in [0.2, 0.25) is 0 Å². The highest BCUT2D eigenvalue weighted by molar-refractivity contribution is 8.00. The molecule has 0 fully saturated rings. The van der Waals surface area contributed by atoms with Crippen molar-refractivity contribution in [1.82, 2.24) is 0 Å². The van der Waals surface area contributed by atoms with Gasteiger partial charge in [0.05, 0.1) is 5.75 Å². The van der Waals surface area contributed by atoms with E-state index < -0.39 is 0 Å². The van der Waals surface area contributed by atoms with Crippen molar-refractivity contribution in [2.24, 2.45) is 0 Å². The zero-order valence-corrected chi connectivity index (χ0v) is 11.5. The van der Waals surface area contributed by atoms with Gasteiger partial charge in [-0.05, 0) is 32.0 Å². The number of aryl methyl sites for hydroxylation is 2. The van der Waals surface area contributed by atoms with Crippen molar-refractivity contribution in [3.63, 3.8) is 0 Å². The maximum atomic E-state index is 11.9. The van der Waals surface area contributed by atoms with E-state index in [2.05, 4.69) is 31.2 Å². The van der Waals surface area contributed by atoms with Crippen molar-refractivity contribution >= 4 is 28.9 Å². The number of thiophene rings is 1. The second-order valence-corrected chi connectivity index (χ2v) is 6.14. The molecular weight excluding hydrogens is 248 g/mol. The number of thioether (sulfide) groups is 1. The minimum absolute atomic E-state index is 0.208. The second-order valence-electron chi connectivity index (χ2n) is 3.97. The summed E-state index contributed by atoms with van der Waals surface area (Å²) in [5.74, 6) is 0.721. The Bertz CT molecular complexity index is 511. The van der Waals surface area contributed by atoms with Gasteiger partial charge in [0.1, 0.15) is 0 Å². The summed E-state index contributed by atoms with van der Waals surface area (Å²) in [4.78, 5) is 14.2. The summed E-state index contributed by atoms with van der Waals surface area (Å²) in [6.07, 6.45) is 0. The maximum Gasteiger partial charge on any atom is 0.173 e. The molecule has 3 heteroatoms. The van der Waals surface area contributed by atoms with E-state index in [0.29, 0.717) is 5.75 Å². The van der Waals surface area contributed by atoms with Gasteiger partial charge in [-0.3, -0.25) is 4.79 Å². The zero-order chi connectivity index (χ0) is 12.3. The first-order valence-corrected chi connectivity index (χ1v) is 7.29. The smallest absolute Gasteiger partial charge is 0.173 e. The molecular formula is C14H14OS2. The quantitative estimate of drug-likeness (QED) is 0.602. The number of ketones is 1. The van der Waals surface area contributed by atoms with E-state index >= 15 is 0 Å². The third-order valence-electron chi connectivity index (χ3n) is 2.44. The number of hydrogen-bond donors (Lipinski definition) is 0. The first-order valence-electron chi connectivity index (χ1n) is 5.43. The van der Waals surface area contributed by atoms with Crippen LogP contribution in [0.4, 0.5) is 0 Å². The van der Waals surface area contributed by atoms with E-state index in [9.17, 15) is 4.79 Å². The van der Waals surface area contributed by atoms with Crippen LogP contribution in [0.3, 0.4) is 0 Å². The fraction of sp³-hybridized carbons (Fsp3) is 0.214. The standard InChI is InChI=1S/C14H14OS2/c1-10-3-5-13(6-4-10)17-9-14(15)12-7-11(2)16-8-12/h3-8H,9H2,1-2H3. The van der Waals surface area contributed by atoms with Crippen molar-refractivity contribution in [3.05, 3.63) is 51.7 Å². The van der Waals surface area contributed by atoms with Crippen molar-refractivity contribution in [1.29, 1.82) is 0 Å². The van der Waals surface area contributed by atoms with E-state index in [4.69, 9.17) is 0 Å². The summed E-state index contributed by atoms with van der Waals surface area (Å²) in [6.45, 7) is 4.09. The fourth-order valence-electron chi connectivity index (χ4n) is 1.46. The molecule has 0 aliphatic heterocycles. The Labute approximate surface area is 110 Å². The average Bonchev–Trinajstić information content (AvgIpc) is 2.75. The second kappa shape index (κ2) is 5.52. The van der Waals surface area contributed by atoms with Crippen LogP contribution in [0.5, 0.6) is 0 Å². The highest BCUT2D eigenvalue weighted by atomic mass is 32.2. The predicted octanol–water partition coefficient (Wildman–Crippen LogP) is 4.34. The summed E-state index contributed by atoms with van der Waals surface area (Å²) >= 11 is 3.22. The minimum Gasteiger partial charge on any atom is -0.293 e. The first-order chi connectivity index (χ1) is 8.15. The Kier molecular flexibility index (Phi) is 4.02. The molecule has 2 rings (SSSR count). The summed E-state index contributed by atoms with van der Waals surface area (Å²) < 4.78 is 0. The molecule has 0 radical (unpaired) electrons. The number of rotatable bonds is 4. The monoisotopic (exact) mass is 262 g/mol. The van der Waals surface area contributed by atoms with Crippen LogP contribution in [0, 0.1) is 13.8 Å². The van der Waals surface area contributed by atoms with Crippen LogP contribution in [0.2, 0.25) is 0 Å². The average molecular weight is 262 g/mol. The van der Waals surface area contributed by atoms with Gasteiger partial charge < -0.3 is 0 Å². The van der Waals surface area contributed by atoms with Crippen LogP contribution in [-0.4, -0.2) is 11.5 Å². The summed E-state index contributed by atoms with van der Waals surface area (Å²) in [6, 6.07) is 10.2. The Hall–Kier alpha value is -1.06. The molecule has 2 aromatic rings. The molecule has 0 N–H and O–H groups in total. The predicted molar refractivity (Wildman–Crippen MR) is 75.3 cm³/mol. The summed E-state index contributed by atoms with van der Waals surface area (Å²) in [5.41, 5.74) is 2.08. The van der Waals surface area contributed by atoms with Gasteiger partial charge in [-0.2, -0.15) is 0 Å². The third kappa shape index (κ3) is 3.45. The zero-order valence-electron chi connectivity index (χ0n) is 9.90. The minimum atomic E-state index is 0.208. The molecule has 0 atom stereocenters. The largest absolute Gasteiger partial charge is 0.293 e. The molecule has 0 unspecified atom stereocenters. The van der Waals surface area contributed by atoms with Crippen LogP contribution in [0.25, 0.3) is 0 Å². The lowest BCUT2D eigenvalue weighted by molar-refractivity contribution is 0.102. The first kappa shape index (κ1) is 12.4. The number of carbonyl (C=O) groups is 1. The van der Waals surface area contributed by atoms with Crippen LogP contribution >= 0.6 is 23.1 Å². The van der Waals surface area contributed by atoms with Crippen LogP contribution in [-0.2, 0) is 0 Å². The number of carbonyl (C=O) groups excluding carboxylic acids is 1. The van der Waals surface area contributed by atoms with Crippen molar-refractivity contribution in [3.8, 4) is 0 Å². The number of Topliss-reactive ketones (excluding diaryl/α,β-unsaturated/α-hetero) is 1. The molecule has 1 aromatic heterocycles. The molecule has 1 nitrogen and oxygen atoms in total. The van der Waals surface area contributed by atoms with Gasteiger partial charge in [0, 0.05) is 20.7 Å². The number of hydrogen-bond acceptors (Lipinski definition) is 3. The highest BCUT2D eigenvalue weighted by Crippen LogP contribution is 2.21. The van der Waals surface area contributed by atoms with E-state index in [0.717, 1.165) is 10.5 Å². The molecule has 0 spiro atoms. The van der Waals surface area contributed by atoms with E-state index in [1.807, 2.05) is 18.4 Å². The molecule has 1 heterocycles. The normalized spacial score (nSPS) is 10.5. The fourth-order valence-corrected chi connectivity index (χ4v) is 2.96. The van der Waals surface area contributed by atoms with Crippen molar-refractivity contribution in [2.75, 3.05) is 5.75 Å². The topological polar surface area (TPSA) is 17.1 Å². The van der Waals surface area contributed by atoms with E-state index in [1.165, 1.54) is 10.4 Å². The molecule has 0 saturated heterocycles. The molecule has 0 aliphatic rings. The summed E-state index contributed by atoms with van der Waals surface area (Å²) in [7, 11) is 0. The van der Waals surface area contributed by atoms with E-state index in [-0.39, 0.29) is 5.78 Å². The Morgan fingerprint density at radius 2 is 1.94 bits per heavy atom. The number of benzene rings is 1. The van der Waals surface area contributed by atoms with Gasteiger partial charge in [-0.1, -0.05) is 17.7 Å². The van der Waals surface area contributed by atoms with Gasteiger partial charge in [0.15, 0.2) is 5.78 Å². The highest BCUT2D eigenvalue weighted by Gasteiger charge is 2.08. The van der Waals surface area contributed by atoms with Crippen LogP contribution in [0.1, 0.15) is 20.8 Å². The van der Waals surface area contributed by atoms with Crippen molar-refractivity contribution in [2.45, 2.75) is 18.7 Å². The lowest BCUT2D eigenvalue weighted by Gasteiger charge is -2.00. The molecule has 17 heavy (non-hydrogen) atoms. The molecule has 88 valence electrons.